The van der Waals surface area contributed by atoms with Crippen LogP contribution in [0.4, 0.5) is 0 Å². The van der Waals surface area contributed by atoms with Crippen molar-refractivity contribution in [3.8, 4) is 11.5 Å². The highest BCUT2D eigenvalue weighted by molar-refractivity contribution is 6.30. The summed E-state index contributed by atoms with van der Waals surface area (Å²) < 4.78 is 5.13. The highest BCUT2D eigenvalue weighted by Crippen LogP contribution is 2.34. The average Bonchev–Trinajstić information content (AvgIpc) is 2.83. The van der Waals surface area contributed by atoms with Gasteiger partial charge in [-0.25, -0.2) is 0 Å². The fraction of sp³-hybridized carbons (Fsp3) is 0.533. The summed E-state index contributed by atoms with van der Waals surface area (Å²) in [5, 5.41) is 10.7. The van der Waals surface area contributed by atoms with Crippen LogP contribution in [0.5, 0.6) is 11.5 Å². The van der Waals surface area contributed by atoms with Gasteiger partial charge in [-0.2, -0.15) is 0 Å². The van der Waals surface area contributed by atoms with Gasteiger partial charge < -0.3 is 14.7 Å². The quantitative estimate of drug-likeness (QED) is 0.926. The third kappa shape index (κ3) is 2.80. The number of amides is 1. The molecule has 2 fully saturated rings. The van der Waals surface area contributed by atoms with E-state index in [2.05, 4.69) is 4.90 Å². The van der Waals surface area contributed by atoms with Crippen LogP contribution in [0.1, 0.15) is 18.4 Å². The van der Waals surface area contributed by atoms with E-state index in [4.69, 9.17) is 16.3 Å². The largest absolute Gasteiger partial charge is 0.504 e. The highest BCUT2D eigenvalue weighted by atomic mass is 35.5. The summed E-state index contributed by atoms with van der Waals surface area (Å²) >= 11 is 6.06. The lowest BCUT2D eigenvalue weighted by molar-refractivity contribution is -0.130. The molecule has 0 radical (unpaired) electrons. The van der Waals surface area contributed by atoms with E-state index in [-0.39, 0.29) is 11.7 Å². The molecule has 3 rings (SSSR count). The first-order chi connectivity index (χ1) is 10.1. The van der Waals surface area contributed by atoms with E-state index in [1.54, 1.807) is 12.1 Å². The van der Waals surface area contributed by atoms with Crippen LogP contribution in [0.25, 0.3) is 0 Å². The number of benzene rings is 1. The molecule has 1 aromatic carbocycles. The lowest BCUT2D eigenvalue weighted by atomic mass is 10.1. The summed E-state index contributed by atoms with van der Waals surface area (Å²) in [5.41, 5.74) is 0.761. The van der Waals surface area contributed by atoms with Gasteiger partial charge in [-0.15, -0.1) is 0 Å². The molecule has 0 bridgehead atoms. The maximum absolute atomic E-state index is 11.7. The number of aromatic hydroxyl groups is 1. The summed E-state index contributed by atoms with van der Waals surface area (Å²) in [6.45, 7) is 3.04. The van der Waals surface area contributed by atoms with Crippen molar-refractivity contribution in [3.63, 3.8) is 0 Å². The van der Waals surface area contributed by atoms with Crippen LogP contribution in [-0.2, 0) is 11.3 Å². The first-order valence-corrected chi connectivity index (χ1v) is 7.53. The van der Waals surface area contributed by atoms with Crippen LogP contribution in [0, 0.1) is 0 Å². The molecule has 1 unspecified atom stereocenters. The number of rotatable bonds is 3. The fourth-order valence-electron chi connectivity index (χ4n) is 3.22. The van der Waals surface area contributed by atoms with Crippen molar-refractivity contribution in [1.82, 2.24) is 9.80 Å². The van der Waals surface area contributed by atoms with Gasteiger partial charge in [0.25, 0.3) is 0 Å². The number of halogens is 1. The summed E-state index contributed by atoms with van der Waals surface area (Å²) in [7, 11) is 1.51. The Labute approximate surface area is 129 Å². The van der Waals surface area contributed by atoms with Gasteiger partial charge in [0.15, 0.2) is 11.5 Å². The number of fused-ring (bicyclic) bond motifs is 1. The molecule has 2 heterocycles. The van der Waals surface area contributed by atoms with E-state index in [0.717, 1.165) is 31.6 Å². The zero-order valence-electron chi connectivity index (χ0n) is 12.0. The maximum Gasteiger partial charge on any atom is 0.222 e. The molecule has 0 aliphatic carbocycles. The lowest BCUT2D eigenvalue weighted by Gasteiger charge is -2.37. The minimum Gasteiger partial charge on any atom is -0.504 e. The van der Waals surface area contributed by atoms with E-state index >= 15 is 0 Å². The van der Waals surface area contributed by atoms with E-state index in [0.29, 0.717) is 29.8 Å². The Morgan fingerprint density at radius 1 is 1.43 bits per heavy atom. The number of carbonyl (C=O) groups is 1. The number of phenolic OH excluding ortho intramolecular Hbond substituents is 1. The van der Waals surface area contributed by atoms with Gasteiger partial charge in [0.05, 0.1) is 7.11 Å². The predicted molar refractivity (Wildman–Crippen MR) is 79.7 cm³/mol. The molecular formula is C15H19ClN2O3. The second-order valence-corrected chi connectivity index (χ2v) is 6.07. The first kappa shape index (κ1) is 14.5. The number of methoxy groups -OCH3 is 1. The summed E-state index contributed by atoms with van der Waals surface area (Å²) in [5.74, 6) is 0.811. The standard InChI is InChI=1S/C15H19ClN2O3/c1-21-13-7-11(16)6-10(15(13)20)8-17-4-5-18-12(9-17)2-3-14(18)19/h6-7,12,20H,2-5,8-9H2,1H3. The fourth-order valence-corrected chi connectivity index (χ4v) is 3.45. The van der Waals surface area contributed by atoms with Crippen LogP contribution in [0.15, 0.2) is 12.1 Å². The van der Waals surface area contributed by atoms with Crippen molar-refractivity contribution in [2.45, 2.75) is 25.4 Å². The predicted octanol–water partition coefficient (Wildman–Crippen LogP) is 1.86. The third-order valence-corrected chi connectivity index (χ3v) is 4.53. The zero-order chi connectivity index (χ0) is 15.0. The minimum absolute atomic E-state index is 0.145. The van der Waals surface area contributed by atoms with E-state index in [1.807, 2.05) is 4.90 Å². The van der Waals surface area contributed by atoms with Gasteiger partial charge in [-0.3, -0.25) is 9.69 Å². The van der Waals surface area contributed by atoms with Gasteiger partial charge in [-0.1, -0.05) is 11.6 Å². The van der Waals surface area contributed by atoms with Crippen molar-refractivity contribution in [3.05, 3.63) is 22.7 Å². The molecule has 2 aliphatic heterocycles. The Morgan fingerprint density at radius 2 is 2.24 bits per heavy atom. The molecule has 1 N–H and O–H groups in total. The number of hydrogen-bond acceptors (Lipinski definition) is 4. The van der Waals surface area contributed by atoms with Gasteiger partial charge in [0, 0.05) is 55.3 Å². The number of phenols is 1. The molecule has 2 saturated heterocycles. The second-order valence-electron chi connectivity index (χ2n) is 5.63. The normalized spacial score (nSPS) is 22.5. The number of hydrogen-bond donors (Lipinski definition) is 1. The Morgan fingerprint density at radius 3 is 3.00 bits per heavy atom. The Bertz CT molecular complexity index is 564. The van der Waals surface area contributed by atoms with Crippen molar-refractivity contribution >= 4 is 17.5 Å². The van der Waals surface area contributed by atoms with Crippen molar-refractivity contribution in [1.29, 1.82) is 0 Å². The number of piperazine rings is 1. The SMILES string of the molecule is COc1cc(Cl)cc(CN2CCN3C(=O)CCC3C2)c1O. The molecular weight excluding hydrogens is 292 g/mol. The second kappa shape index (κ2) is 5.73. The van der Waals surface area contributed by atoms with Crippen molar-refractivity contribution in [2.75, 3.05) is 26.7 Å². The van der Waals surface area contributed by atoms with Gasteiger partial charge in [0.1, 0.15) is 0 Å². The lowest BCUT2D eigenvalue weighted by Crippen LogP contribution is -2.50. The molecule has 21 heavy (non-hydrogen) atoms. The minimum atomic E-state index is 0.145. The molecule has 0 aromatic heterocycles. The number of ether oxygens (including phenoxy) is 1. The summed E-state index contributed by atoms with van der Waals surface area (Å²) in [6.07, 6.45) is 1.59. The molecule has 2 aliphatic rings. The average molecular weight is 311 g/mol. The molecule has 0 spiro atoms. The smallest absolute Gasteiger partial charge is 0.222 e. The van der Waals surface area contributed by atoms with Crippen LogP contribution >= 0.6 is 11.6 Å². The van der Waals surface area contributed by atoms with Gasteiger partial charge in [0.2, 0.25) is 5.91 Å². The van der Waals surface area contributed by atoms with Crippen LogP contribution in [0.2, 0.25) is 5.02 Å². The molecule has 0 saturated carbocycles. The molecule has 1 atom stereocenters. The molecule has 6 heteroatoms. The van der Waals surface area contributed by atoms with Crippen LogP contribution in [0.3, 0.4) is 0 Å². The van der Waals surface area contributed by atoms with Crippen LogP contribution < -0.4 is 4.74 Å². The van der Waals surface area contributed by atoms with E-state index in [1.165, 1.54) is 7.11 Å². The maximum atomic E-state index is 11.7. The third-order valence-electron chi connectivity index (χ3n) is 4.31. The molecule has 1 aromatic rings. The Hall–Kier alpha value is -1.46. The Balaban J connectivity index is 1.73. The van der Waals surface area contributed by atoms with E-state index in [9.17, 15) is 9.90 Å². The number of nitrogens with zero attached hydrogens (tertiary/aromatic N) is 2. The monoisotopic (exact) mass is 310 g/mol. The summed E-state index contributed by atoms with van der Waals surface area (Å²) in [6, 6.07) is 3.69. The summed E-state index contributed by atoms with van der Waals surface area (Å²) in [4.78, 5) is 15.9. The van der Waals surface area contributed by atoms with Crippen molar-refractivity contribution in [2.24, 2.45) is 0 Å². The van der Waals surface area contributed by atoms with Crippen LogP contribution in [-0.4, -0.2) is 53.6 Å². The molecule has 1 amide bonds. The van der Waals surface area contributed by atoms with Crippen molar-refractivity contribution < 1.29 is 14.6 Å². The van der Waals surface area contributed by atoms with E-state index < -0.39 is 0 Å². The Kier molecular flexibility index (Phi) is 3.95. The molecule has 5 nitrogen and oxygen atoms in total. The first-order valence-electron chi connectivity index (χ1n) is 7.15. The van der Waals surface area contributed by atoms with Gasteiger partial charge in [-0.05, 0) is 12.5 Å². The highest BCUT2D eigenvalue weighted by Gasteiger charge is 2.35. The van der Waals surface area contributed by atoms with Gasteiger partial charge >= 0.3 is 0 Å². The molecule has 114 valence electrons. The zero-order valence-corrected chi connectivity index (χ0v) is 12.8. The number of carbonyl (C=O) groups excluding carboxylic acids is 1. The topological polar surface area (TPSA) is 53.0 Å².